The first-order valence-electron chi connectivity index (χ1n) is 4.80. The molecule has 92 valence electrons. The predicted octanol–water partition coefficient (Wildman–Crippen LogP) is 4.56. The van der Waals surface area contributed by atoms with Crippen molar-refractivity contribution in [2.45, 2.75) is 9.92 Å². The van der Waals surface area contributed by atoms with Gasteiger partial charge in [-0.1, -0.05) is 39.3 Å². The summed E-state index contributed by atoms with van der Waals surface area (Å²) in [6.07, 6.45) is 0. The normalized spacial score (nSPS) is 10.3. The van der Waals surface area contributed by atoms with Crippen LogP contribution in [0.2, 0.25) is 5.15 Å². The molecular formula is C11H6BrClN2O2S. The van der Waals surface area contributed by atoms with E-state index in [0.717, 1.165) is 9.37 Å². The van der Waals surface area contributed by atoms with Gasteiger partial charge in [-0.25, -0.2) is 4.98 Å². The lowest BCUT2D eigenvalue weighted by Crippen LogP contribution is -1.90. The third kappa shape index (κ3) is 3.44. The van der Waals surface area contributed by atoms with Crippen molar-refractivity contribution in [1.82, 2.24) is 4.98 Å². The highest BCUT2D eigenvalue weighted by Crippen LogP contribution is 2.30. The molecule has 7 heteroatoms. The van der Waals surface area contributed by atoms with Crippen LogP contribution in [0, 0.1) is 10.1 Å². The van der Waals surface area contributed by atoms with Gasteiger partial charge in [-0.15, -0.1) is 0 Å². The number of aromatic nitrogens is 1. The van der Waals surface area contributed by atoms with Crippen LogP contribution < -0.4 is 0 Å². The van der Waals surface area contributed by atoms with Gasteiger partial charge in [0.15, 0.2) is 0 Å². The minimum absolute atomic E-state index is 0.0605. The van der Waals surface area contributed by atoms with Crippen LogP contribution >= 0.6 is 39.3 Å². The van der Waals surface area contributed by atoms with Crippen molar-refractivity contribution >= 4 is 45.0 Å². The number of hydrogen-bond acceptors (Lipinski definition) is 4. The Labute approximate surface area is 121 Å². The van der Waals surface area contributed by atoms with Crippen LogP contribution in [0.15, 0.2) is 50.8 Å². The van der Waals surface area contributed by atoms with E-state index in [1.807, 2.05) is 24.3 Å². The van der Waals surface area contributed by atoms with Gasteiger partial charge in [0.05, 0.1) is 11.0 Å². The van der Waals surface area contributed by atoms with Crippen molar-refractivity contribution in [1.29, 1.82) is 0 Å². The topological polar surface area (TPSA) is 56.0 Å². The van der Waals surface area contributed by atoms with E-state index in [1.54, 1.807) is 0 Å². The SMILES string of the molecule is O=[N+]([O-])c1cc(Cl)nc(Sc2ccc(Br)cc2)c1. The molecule has 4 nitrogen and oxygen atoms in total. The van der Waals surface area contributed by atoms with Crippen LogP contribution in [0.3, 0.4) is 0 Å². The zero-order chi connectivity index (χ0) is 13.1. The van der Waals surface area contributed by atoms with E-state index >= 15 is 0 Å². The monoisotopic (exact) mass is 344 g/mol. The maximum Gasteiger partial charge on any atom is 0.275 e. The number of hydrogen-bond donors (Lipinski definition) is 0. The number of halogens is 2. The lowest BCUT2D eigenvalue weighted by atomic mass is 10.4. The Kier molecular flexibility index (Phi) is 4.21. The van der Waals surface area contributed by atoms with Crippen LogP contribution in [0.25, 0.3) is 0 Å². The summed E-state index contributed by atoms with van der Waals surface area (Å²) in [5.74, 6) is 0. The zero-order valence-electron chi connectivity index (χ0n) is 8.84. The van der Waals surface area contributed by atoms with Crippen molar-refractivity contribution in [2.24, 2.45) is 0 Å². The molecule has 1 heterocycles. The molecule has 0 saturated heterocycles. The first-order valence-corrected chi connectivity index (χ1v) is 6.79. The van der Waals surface area contributed by atoms with E-state index in [4.69, 9.17) is 11.6 Å². The Morgan fingerprint density at radius 2 is 1.94 bits per heavy atom. The standard InChI is InChI=1S/C11H6BrClN2O2S/c12-7-1-3-9(4-2-7)18-11-6-8(15(16)17)5-10(13)14-11/h1-6H. The second kappa shape index (κ2) is 5.69. The molecule has 0 aliphatic carbocycles. The van der Waals surface area contributed by atoms with Gasteiger partial charge in [0.1, 0.15) is 10.2 Å². The summed E-state index contributed by atoms with van der Waals surface area (Å²) in [5, 5.41) is 11.3. The zero-order valence-corrected chi connectivity index (χ0v) is 12.0. The molecule has 0 spiro atoms. The van der Waals surface area contributed by atoms with Crippen molar-refractivity contribution in [3.63, 3.8) is 0 Å². The maximum atomic E-state index is 10.7. The molecular weight excluding hydrogens is 340 g/mol. The Bertz CT molecular complexity index is 592. The Morgan fingerprint density at radius 1 is 1.28 bits per heavy atom. The molecule has 0 N–H and O–H groups in total. The molecule has 0 fully saturated rings. The van der Waals surface area contributed by atoms with E-state index in [2.05, 4.69) is 20.9 Å². The minimum Gasteiger partial charge on any atom is -0.258 e. The van der Waals surface area contributed by atoms with Crippen LogP contribution in [-0.4, -0.2) is 9.91 Å². The highest BCUT2D eigenvalue weighted by Gasteiger charge is 2.11. The Hall–Kier alpha value is -1.11. The van der Waals surface area contributed by atoms with Gasteiger partial charge in [-0.2, -0.15) is 0 Å². The van der Waals surface area contributed by atoms with Crippen molar-refractivity contribution < 1.29 is 4.92 Å². The highest BCUT2D eigenvalue weighted by atomic mass is 79.9. The number of nitrogens with zero attached hydrogens (tertiary/aromatic N) is 2. The summed E-state index contributed by atoms with van der Waals surface area (Å²) in [4.78, 5) is 15.2. The van der Waals surface area contributed by atoms with Crippen molar-refractivity contribution in [3.8, 4) is 0 Å². The molecule has 0 aliphatic rings. The molecule has 0 amide bonds. The van der Waals surface area contributed by atoms with Gasteiger partial charge in [0.25, 0.3) is 5.69 Å². The lowest BCUT2D eigenvalue weighted by molar-refractivity contribution is -0.385. The largest absolute Gasteiger partial charge is 0.275 e. The molecule has 2 rings (SSSR count). The maximum absolute atomic E-state index is 10.7. The summed E-state index contributed by atoms with van der Waals surface area (Å²) < 4.78 is 0.969. The van der Waals surface area contributed by atoms with Crippen molar-refractivity contribution in [2.75, 3.05) is 0 Å². The average molecular weight is 346 g/mol. The van der Waals surface area contributed by atoms with E-state index in [1.165, 1.54) is 23.9 Å². The van der Waals surface area contributed by atoms with Crippen LogP contribution in [0.5, 0.6) is 0 Å². The fourth-order valence-electron chi connectivity index (χ4n) is 1.24. The van der Waals surface area contributed by atoms with Gasteiger partial charge in [0, 0.05) is 15.4 Å². The van der Waals surface area contributed by atoms with Crippen LogP contribution in [-0.2, 0) is 0 Å². The fraction of sp³-hybridized carbons (Fsp3) is 0. The Balaban J connectivity index is 2.28. The molecule has 1 aromatic carbocycles. The third-order valence-corrected chi connectivity index (χ3v) is 3.65. The molecule has 0 bridgehead atoms. The van der Waals surface area contributed by atoms with Gasteiger partial charge < -0.3 is 0 Å². The average Bonchev–Trinajstić information content (AvgIpc) is 2.31. The highest BCUT2D eigenvalue weighted by molar-refractivity contribution is 9.10. The second-order valence-corrected chi connectivity index (χ2v) is 5.70. The van der Waals surface area contributed by atoms with E-state index < -0.39 is 4.92 Å². The van der Waals surface area contributed by atoms with Gasteiger partial charge in [0.2, 0.25) is 0 Å². The molecule has 0 unspecified atom stereocenters. The van der Waals surface area contributed by atoms with Crippen molar-refractivity contribution in [3.05, 3.63) is 56.1 Å². The smallest absolute Gasteiger partial charge is 0.258 e. The molecule has 1 aromatic heterocycles. The summed E-state index contributed by atoms with van der Waals surface area (Å²) in [6, 6.07) is 10.2. The molecule has 0 aliphatic heterocycles. The minimum atomic E-state index is -0.487. The number of benzene rings is 1. The number of rotatable bonds is 3. The first-order chi connectivity index (χ1) is 8.54. The Morgan fingerprint density at radius 3 is 2.56 bits per heavy atom. The molecule has 0 saturated carbocycles. The summed E-state index contributed by atoms with van der Waals surface area (Å²) >= 11 is 10.4. The second-order valence-electron chi connectivity index (χ2n) is 3.30. The quantitative estimate of drug-likeness (QED) is 0.465. The summed E-state index contributed by atoms with van der Waals surface area (Å²) in [5.41, 5.74) is -0.0605. The van der Waals surface area contributed by atoms with E-state index in [0.29, 0.717) is 5.03 Å². The number of nitro groups is 1. The molecule has 0 radical (unpaired) electrons. The number of pyridine rings is 1. The summed E-state index contributed by atoms with van der Waals surface area (Å²) in [7, 11) is 0. The van der Waals surface area contributed by atoms with Gasteiger partial charge >= 0.3 is 0 Å². The van der Waals surface area contributed by atoms with E-state index in [-0.39, 0.29) is 10.8 Å². The first kappa shape index (κ1) is 13.3. The van der Waals surface area contributed by atoms with E-state index in [9.17, 15) is 10.1 Å². The van der Waals surface area contributed by atoms with Crippen LogP contribution in [0.4, 0.5) is 5.69 Å². The summed E-state index contributed by atoms with van der Waals surface area (Å²) in [6.45, 7) is 0. The predicted molar refractivity (Wildman–Crippen MR) is 74.2 cm³/mol. The molecule has 0 atom stereocenters. The lowest BCUT2D eigenvalue weighted by Gasteiger charge is -2.02. The van der Waals surface area contributed by atoms with Gasteiger partial charge in [-0.05, 0) is 24.3 Å². The fourth-order valence-corrected chi connectivity index (χ4v) is 2.60. The van der Waals surface area contributed by atoms with Crippen LogP contribution in [0.1, 0.15) is 0 Å². The third-order valence-electron chi connectivity index (χ3n) is 2.00. The van der Waals surface area contributed by atoms with Gasteiger partial charge in [-0.3, -0.25) is 10.1 Å². The molecule has 2 aromatic rings. The molecule has 18 heavy (non-hydrogen) atoms.